The van der Waals surface area contributed by atoms with Crippen LogP contribution in [0.15, 0.2) is 12.2 Å². The number of allylic oxidation sites excluding steroid dienone is 2. The molecule has 1 fully saturated rings. The van der Waals surface area contributed by atoms with Crippen LogP contribution < -0.4 is 5.32 Å². The van der Waals surface area contributed by atoms with Crippen molar-refractivity contribution in [2.45, 2.75) is 384 Å². The monoisotopic (exact) mass is 1080 g/mol. The molecule has 0 aromatic rings. The molecule has 9 unspecified atom stereocenters. The van der Waals surface area contributed by atoms with Gasteiger partial charge >= 0.3 is 0 Å². The van der Waals surface area contributed by atoms with Gasteiger partial charge < -0.3 is 50.5 Å². The van der Waals surface area contributed by atoms with E-state index in [1.54, 1.807) is 0 Å². The first kappa shape index (κ1) is 72.9. The average Bonchev–Trinajstić information content (AvgIpc) is 3.42. The molecule has 1 rings (SSSR count). The maximum atomic E-state index is 13.2. The molecule has 11 heteroatoms. The number of aliphatic hydroxyl groups excluding tert-OH is 7. The fourth-order valence-electron chi connectivity index (χ4n) is 11.0. The van der Waals surface area contributed by atoms with Crippen molar-refractivity contribution < 1.29 is 50.0 Å². The molecule has 8 N–H and O–H groups in total. The molecule has 1 saturated heterocycles. The van der Waals surface area contributed by atoms with Gasteiger partial charge in [0.2, 0.25) is 5.91 Å². The van der Waals surface area contributed by atoms with Crippen molar-refractivity contribution in [3.05, 3.63) is 12.2 Å². The molecule has 0 aliphatic carbocycles. The maximum absolute atomic E-state index is 13.2. The van der Waals surface area contributed by atoms with E-state index in [0.29, 0.717) is 12.8 Å². The van der Waals surface area contributed by atoms with Crippen LogP contribution in [0.1, 0.15) is 328 Å². The Kier molecular flexibility index (Phi) is 52.2. The predicted molar refractivity (Wildman–Crippen MR) is 316 cm³/mol. The summed E-state index contributed by atoms with van der Waals surface area (Å²) in [5, 5.41) is 76.3. The third-order valence-electron chi connectivity index (χ3n) is 16.3. The van der Waals surface area contributed by atoms with Crippen LogP contribution in [-0.4, -0.2) is 110 Å². The molecule has 11 nitrogen and oxygen atoms in total. The molecule has 0 saturated carbocycles. The summed E-state index contributed by atoms with van der Waals surface area (Å²) >= 11 is 0. The summed E-state index contributed by atoms with van der Waals surface area (Å²) in [6.45, 7) is 3.49. The van der Waals surface area contributed by atoms with Gasteiger partial charge in [-0.2, -0.15) is 0 Å². The lowest BCUT2D eigenvalue weighted by atomic mass is 9.98. The molecule has 0 spiro atoms. The van der Waals surface area contributed by atoms with Crippen molar-refractivity contribution in [1.29, 1.82) is 0 Å². The molecule has 9 atom stereocenters. The quantitative estimate of drug-likeness (QED) is 0.0215. The largest absolute Gasteiger partial charge is 0.394 e. The number of unbranched alkanes of at least 4 members (excludes halogenated alkanes) is 44. The molecule has 0 aromatic heterocycles. The Labute approximate surface area is 468 Å². The van der Waals surface area contributed by atoms with Crippen molar-refractivity contribution in [2.24, 2.45) is 0 Å². The van der Waals surface area contributed by atoms with E-state index >= 15 is 0 Å². The van der Waals surface area contributed by atoms with Crippen LogP contribution in [0.3, 0.4) is 0 Å². The topological polar surface area (TPSA) is 189 Å². The van der Waals surface area contributed by atoms with Gasteiger partial charge in [0.25, 0.3) is 0 Å². The number of carbonyl (C=O) groups is 1. The van der Waals surface area contributed by atoms with Crippen LogP contribution in [0.4, 0.5) is 0 Å². The standard InChI is InChI=1S/C65H127NO10/c1-3-5-7-9-11-13-15-17-19-21-23-24-25-26-27-28-29-30-31-32-33-34-35-37-38-40-42-44-46-48-50-52-57(68)60(70)56(55-75-65-63(73)62(72)61(71)59(54-67)76-65)66-64(74)58(69)53-51-49-47-45-43-41-39-36-22-20-18-16-14-12-10-8-6-4-2/h44,46,56-63,65,67-73H,3-43,45,47-55H2,1-2H3,(H,66,74)/b46-44+. The second-order valence-electron chi connectivity index (χ2n) is 23.5. The number of carbonyl (C=O) groups excluding carboxylic acids is 1. The molecule has 452 valence electrons. The first-order valence-corrected chi connectivity index (χ1v) is 33.1. The zero-order valence-corrected chi connectivity index (χ0v) is 49.8. The van der Waals surface area contributed by atoms with E-state index in [1.165, 1.54) is 257 Å². The second kappa shape index (κ2) is 54.4. The molecular formula is C65H127NO10. The summed E-state index contributed by atoms with van der Waals surface area (Å²) < 4.78 is 11.2. The Morgan fingerprint density at radius 3 is 1.13 bits per heavy atom. The molecule has 0 bridgehead atoms. The van der Waals surface area contributed by atoms with Gasteiger partial charge in [0, 0.05) is 0 Å². The Morgan fingerprint density at radius 2 is 0.776 bits per heavy atom. The van der Waals surface area contributed by atoms with Gasteiger partial charge in [0.1, 0.15) is 36.6 Å². The number of ether oxygens (including phenoxy) is 2. The number of nitrogens with one attached hydrogen (secondary N) is 1. The van der Waals surface area contributed by atoms with Gasteiger partial charge in [-0.1, -0.05) is 302 Å². The first-order valence-electron chi connectivity index (χ1n) is 33.1. The average molecular weight is 1080 g/mol. The second-order valence-corrected chi connectivity index (χ2v) is 23.5. The van der Waals surface area contributed by atoms with E-state index in [-0.39, 0.29) is 12.8 Å². The van der Waals surface area contributed by atoms with E-state index < -0.39 is 74.2 Å². The molecule has 1 aliphatic rings. The van der Waals surface area contributed by atoms with Crippen LogP contribution >= 0.6 is 0 Å². The lowest BCUT2D eigenvalue weighted by Gasteiger charge is -2.40. The zero-order valence-electron chi connectivity index (χ0n) is 49.8. The molecule has 0 aromatic carbocycles. The van der Waals surface area contributed by atoms with E-state index in [9.17, 15) is 40.5 Å². The molecule has 76 heavy (non-hydrogen) atoms. The molecule has 1 heterocycles. The van der Waals surface area contributed by atoms with Crippen LogP contribution in [0.5, 0.6) is 0 Å². The number of hydrogen-bond acceptors (Lipinski definition) is 10. The predicted octanol–water partition coefficient (Wildman–Crippen LogP) is 15.1. The van der Waals surface area contributed by atoms with Gasteiger partial charge in [-0.05, 0) is 38.5 Å². The molecular weight excluding hydrogens is 955 g/mol. The highest BCUT2D eigenvalue weighted by atomic mass is 16.7. The third kappa shape index (κ3) is 41.8. The highest BCUT2D eigenvalue weighted by molar-refractivity contribution is 5.80. The van der Waals surface area contributed by atoms with Crippen molar-refractivity contribution >= 4 is 5.91 Å². The third-order valence-corrected chi connectivity index (χ3v) is 16.3. The smallest absolute Gasteiger partial charge is 0.249 e. The molecule has 1 amide bonds. The summed E-state index contributed by atoms with van der Waals surface area (Å²) in [5.41, 5.74) is 0. The summed E-state index contributed by atoms with van der Waals surface area (Å²) in [4.78, 5) is 13.2. The Morgan fingerprint density at radius 1 is 0.447 bits per heavy atom. The van der Waals surface area contributed by atoms with Crippen LogP contribution in [0, 0.1) is 0 Å². The minimum absolute atomic E-state index is 0.259. The van der Waals surface area contributed by atoms with E-state index in [4.69, 9.17) is 9.47 Å². The van der Waals surface area contributed by atoms with Crippen LogP contribution in [0.25, 0.3) is 0 Å². The SMILES string of the molecule is CCCCCCCCCCCCCCCCCCCCCCCCCCCC/C=C/CCCC(O)C(O)C(COC1OC(CO)C(O)C(O)C1O)NC(=O)C(O)CCCCCCCCCCCCCCCCCCCC. The number of aliphatic hydroxyl groups is 7. The van der Waals surface area contributed by atoms with Gasteiger partial charge in [-0.25, -0.2) is 0 Å². The highest BCUT2D eigenvalue weighted by Gasteiger charge is 2.44. The molecule has 0 radical (unpaired) electrons. The van der Waals surface area contributed by atoms with Crippen molar-refractivity contribution in [3.63, 3.8) is 0 Å². The van der Waals surface area contributed by atoms with E-state index in [0.717, 1.165) is 32.1 Å². The summed E-state index contributed by atoms with van der Waals surface area (Å²) in [6.07, 6.45) is 54.4. The van der Waals surface area contributed by atoms with E-state index in [2.05, 4.69) is 31.3 Å². The normalized spacial score (nSPS) is 19.6. The minimum atomic E-state index is -1.67. The molecule has 1 aliphatic heterocycles. The van der Waals surface area contributed by atoms with Crippen molar-refractivity contribution in [3.8, 4) is 0 Å². The van der Waals surface area contributed by atoms with Gasteiger partial charge in [0.05, 0.1) is 25.4 Å². The summed E-state index contributed by atoms with van der Waals surface area (Å²) in [5.74, 6) is -0.699. The fraction of sp³-hybridized carbons (Fsp3) is 0.954. The van der Waals surface area contributed by atoms with Crippen molar-refractivity contribution in [1.82, 2.24) is 5.32 Å². The highest BCUT2D eigenvalue weighted by Crippen LogP contribution is 2.24. The van der Waals surface area contributed by atoms with Gasteiger partial charge in [0.15, 0.2) is 6.29 Å². The number of rotatable bonds is 58. The first-order chi connectivity index (χ1) is 37.2. The maximum Gasteiger partial charge on any atom is 0.249 e. The van der Waals surface area contributed by atoms with Gasteiger partial charge in [-0.15, -0.1) is 0 Å². The Bertz CT molecular complexity index is 1240. The lowest BCUT2D eigenvalue weighted by Crippen LogP contribution is -2.60. The number of hydrogen-bond donors (Lipinski definition) is 8. The fourth-order valence-corrected chi connectivity index (χ4v) is 11.0. The van der Waals surface area contributed by atoms with Crippen LogP contribution in [-0.2, 0) is 14.3 Å². The zero-order chi connectivity index (χ0) is 55.4. The van der Waals surface area contributed by atoms with Gasteiger partial charge in [-0.3, -0.25) is 4.79 Å². The summed E-state index contributed by atoms with van der Waals surface area (Å²) in [7, 11) is 0. The van der Waals surface area contributed by atoms with Crippen molar-refractivity contribution in [2.75, 3.05) is 13.2 Å². The minimum Gasteiger partial charge on any atom is -0.394 e. The summed E-state index contributed by atoms with van der Waals surface area (Å²) in [6, 6.07) is -1.18. The Balaban J connectivity index is 2.21. The van der Waals surface area contributed by atoms with E-state index in [1.807, 2.05) is 0 Å². The van der Waals surface area contributed by atoms with Crippen LogP contribution in [0.2, 0.25) is 0 Å². The Hall–Kier alpha value is -1.15. The lowest BCUT2D eigenvalue weighted by molar-refractivity contribution is -0.303. The number of amides is 1.